The van der Waals surface area contributed by atoms with Gasteiger partial charge in [0, 0.05) is 159 Å². The van der Waals surface area contributed by atoms with Crippen molar-refractivity contribution in [2.75, 3.05) is 0 Å². The summed E-state index contributed by atoms with van der Waals surface area (Å²) in [6, 6.07) is 54.4. The molecule has 0 amide bonds. The highest BCUT2D eigenvalue weighted by molar-refractivity contribution is 6.02. The first-order valence-electron chi connectivity index (χ1n) is 39.0. The van der Waals surface area contributed by atoms with Crippen molar-refractivity contribution in [3.8, 4) is 56.0 Å². The van der Waals surface area contributed by atoms with Crippen LogP contribution in [0.3, 0.4) is 0 Å². The number of hydrogen-bond donors (Lipinski definition) is 6. The van der Waals surface area contributed by atoms with Crippen molar-refractivity contribution in [2.24, 2.45) is 0 Å². The maximum atomic E-state index is 14.4. The zero-order valence-electron chi connectivity index (χ0n) is 63.8. The number of phenols is 2. The summed E-state index contributed by atoms with van der Waals surface area (Å²) in [6.07, 6.45) is 19.7. The van der Waals surface area contributed by atoms with E-state index in [1.807, 2.05) is 77.6 Å². The minimum Gasteiger partial charge on any atom is -0.508 e. The second kappa shape index (κ2) is 30.6. The van der Waals surface area contributed by atoms with Crippen LogP contribution < -0.4 is 22.2 Å². The summed E-state index contributed by atoms with van der Waals surface area (Å²) < 4.78 is 64.7. The minimum atomic E-state index is -0.462. The Hall–Kier alpha value is -13.0. The predicted octanol–water partition coefficient (Wildman–Crippen LogP) is 19.3. The molecule has 4 aliphatic rings. The van der Waals surface area contributed by atoms with Gasteiger partial charge < -0.3 is 48.4 Å². The first-order chi connectivity index (χ1) is 55.3. The van der Waals surface area contributed by atoms with E-state index >= 15 is 0 Å². The van der Waals surface area contributed by atoms with Gasteiger partial charge in [0.25, 0.3) is 22.2 Å². The third kappa shape index (κ3) is 13.9. The fourth-order valence-corrected chi connectivity index (χ4v) is 18.1. The first-order valence-corrected chi connectivity index (χ1v) is 39.0. The molecule has 8 aromatic heterocycles. The van der Waals surface area contributed by atoms with E-state index in [0.29, 0.717) is 52.2 Å². The number of rotatable bonds is 12. The summed E-state index contributed by atoms with van der Waals surface area (Å²) in [7, 11) is 0. The Balaban J connectivity index is 0.000000110. The standard InChI is InChI=1S/2C24H20F2N2O.2C24H22N2O2/c2*1-14-23(19-6-3-9-27-24(19)29)20-11-15-4-2-5-16(15)12-22(20)28(14)13-17-10-18(25)7-8-21(17)26;1-15-23(20-6-3-11-25-24(20)28)21-12-17-4-2-5-18(17)13-22(21)26(15)14-16-7-9-19(27)10-8-16;1-15-23(19-9-5-11-25-24(19)28)20-12-16-7-4-8-17(16)13-21(20)26(15)14-18-6-2-3-10-22(18)27/h2*3,6-12H,2,4-5,13H2,1H3,(H,27,29);3,6-13,27H,2,4-5,14H2,1H3,(H,25,28);2-3,5-6,9-13,27H,4,7-8,14H2,1H3,(H,25,28). The van der Waals surface area contributed by atoms with Gasteiger partial charge in [0.2, 0.25) is 0 Å². The van der Waals surface area contributed by atoms with Gasteiger partial charge in [-0.3, -0.25) is 19.2 Å². The lowest BCUT2D eigenvalue weighted by molar-refractivity contribution is 0.466. The molecule has 0 unspecified atom stereocenters. The molecular formula is C96H84F4N8O6. The number of pyridine rings is 4. The van der Waals surface area contributed by atoms with Crippen molar-refractivity contribution in [1.82, 2.24) is 38.2 Å². The van der Waals surface area contributed by atoms with E-state index in [1.54, 1.807) is 67.3 Å². The average molecular weight is 1520 g/mol. The summed E-state index contributed by atoms with van der Waals surface area (Å²) in [5, 5.41) is 24.1. The van der Waals surface area contributed by atoms with Crippen molar-refractivity contribution in [1.29, 1.82) is 0 Å². The van der Waals surface area contributed by atoms with E-state index in [2.05, 4.69) is 91.4 Å². The highest BCUT2D eigenvalue weighted by Gasteiger charge is 2.28. The molecule has 0 atom stereocenters. The molecule has 0 saturated carbocycles. The van der Waals surface area contributed by atoms with Crippen molar-refractivity contribution >= 4 is 43.6 Å². The van der Waals surface area contributed by atoms with Gasteiger partial charge in [-0.2, -0.15) is 0 Å². The highest BCUT2D eigenvalue weighted by Crippen LogP contribution is 2.43. The molecule has 114 heavy (non-hydrogen) atoms. The van der Waals surface area contributed by atoms with Gasteiger partial charge in [0.15, 0.2) is 0 Å². The van der Waals surface area contributed by atoms with E-state index in [0.717, 1.165) is 183 Å². The molecule has 0 aliphatic heterocycles. The summed E-state index contributed by atoms with van der Waals surface area (Å²) >= 11 is 0. The van der Waals surface area contributed by atoms with Gasteiger partial charge in [-0.25, -0.2) is 17.6 Å². The predicted molar refractivity (Wildman–Crippen MR) is 444 cm³/mol. The molecule has 8 heterocycles. The summed E-state index contributed by atoms with van der Waals surface area (Å²) in [5.41, 5.74) is 27.3. The van der Waals surface area contributed by atoms with Gasteiger partial charge in [-0.1, -0.05) is 30.3 Å². The van der Waals surface area contributed by atoms with E-state index in [9.17, 15) is 47.0 Å². The van der Waals surface area contributed by atoms with Crippen molar-refractivity contribution in [3.05, 3.63) is 361 Å². The Morgan fingerprint density at radius 3 is 0.912 bits per heavy atom. The Kier molecular flexibility index (Phi) is 19.8. The molecule has 4 aliphatic carbocycles. The second-order valence-corrected chi connectivity index (χ2v) is 30.6. The lowest BCUT2D eigenvalue weighted by Gasteiger charge is -2.11. The van der Waals surface area contributed by atoms with Crippen molar-refractivity contribution in [2.45, 2.75) is 131 Å². The zero-order chi connectivity index (χ0) is 78.7. The third-order valence-corrected chi connectivity index (χ3v) is 23.8. The number of H-pyrrole nitrogens is 4. The molecule has 8 aromatic carbocycles. The molecule has 6 N–H and O–H groups in total. The van der Waals surface area contributed by atoms with Crippen LogP contribution in [-0.2, 0) is 77.5 Å². The van der Waals surface area contributed by atoms with Crippen molar-refractivity contribution < 1.29 is 27.8 Å². The Morgan fingerprint density at radius 1 is 0.316 bits per heavy atom. The zero-order valence-corrected chi connectivity index (χ0v) is 63.8. The number of fused-ring (bicyclic) bond motifs is 8. The summed E-state index contributed by atoms with van der Waals surface area (Å²) in [5.74, 6) is -1.23. The number of aromatic nitrogens is 8. The number of aryl methyl sites for hydroxylation is 8. The molecule has 16 aromatic rings. The second-order valence-electron chi connectivity index (χ2n) is 30.6. The lowest BCUT2D eigenvalue weighted by Crippen LogP contribution is -2.08. The fourth-order valence-electron chi connectivity index (χ4n) is 18.1. The molecule has 20 rings (SSSR count). The number of halogens is 4. The maximum absolute atomic E-state index is 14.4. The monoisotopic (exact) mass is 1520 g/mol. The van der Waals surface area contributed by atoms with Crippen LogP contribution in [0.1, 0.15) is 115 Å². The van der Waals surface area contributed by atoms with E-state index < -0.39 is 23.3 Å². The van der Waals surface area contributed by atoms with Gasteiger partial charge in [-0.05, 0) is 306 Å². The van der Waals surface area contributed by atoms with Gasteiger partial charge in [-0.15, -0.1) is 0 Å². The average Bonchev–Trinajstić information content (AvgIpc) is 1.61. The highest BCUT2D eigenvalue weighted by atomic mass is 19.1. The van der Waals surface area contributed by atoms with Crippen LogP contribution in [-0.4, -0.2) is 48.4 Å². The maximum Gasteiger partial charge on any atom is 0.255 e. The SMILES string of the molecule is Cc1c(-c2ccc[nH]c2=O)c2cc3c(cc2n1Cc1cc(F)ccc1F)CCC3.Cc1c(-c2ccc[nH]c2=O)c2cc3c(cc2n1Cc1cc(F)ccc1F)CCC3.Cc1c(-c2ccc[nH]c2=O)c2cc3c(cc2n1Cc1ccc(O)cc1)CCC3.Cc1c(-c2ccc[nH]c2=O)c2cc3c(cc2n1Cc1ccccc1O)CCC3. The number of aromatic amines is 4. The minimum absolute atomic E-state index is 0.0604. The van der Waals surface area contributed by atoms with Gasteiger partial charge >= 0.3 is 0 Å². The van der Waals surface area contributed by atoms with Gasteiger partial charge in [0.05, 0.1) is 19.6 Å². The molecule has 0 fully saturated rings. The van der Waals surface area contributed by atoms with Gasteiger partial charge in [0.1, 0.15) is 34.8 Å². The number of phenolic OH excluding ortho intramolecular Hbond substituents is 2. The summed E-state index contributed by atoms with van der Waals surface area (Å²) in [4.78, 5) is 61.3. The molecule has 572 valence electrons. The Labute approximate surface area is 654 Å². The third-order valence-electron chi connectivity index (χ3n) is 23.8. The summed E-state index contributed by atoms with van der Waals surface area (Å²) in [6.45, 7) is 9.70. The number of benzene rings is 8. The fraction of sp³-hybridized carbons (Fsp3) is 0.208. The van der Waals surface area contributed by atoms with Crippen LogP contribution >= 0.6 is 0 Å². The van der Waals surface area contributed by atoms with Crippen LogP contribution in [0.25, 0.3) is 88.1 Å². The smallest absolute Gasteiger partial charge is 0.255 e. The first kappa shape index (κ1) is 73.8. The Morgan fingerprint density at radius 2 is 0.605 bits per heavy atom. The molecule has 18 heteroatoms. The number of nitrogens with one attached hydrogen (secondary N) is 4. The molecule has 0 radical (unpaired) electrons. The number of aromatic hydroxyl groups is 2. The van der Waals surface area contributed by atoms with Crippen LogP contribution in [0.15, 0.2) is 226 Å². The van der Waals surface area contributed by atoms with Crippen LogP contribution in [0, 0.1) is 51.0 Å². The quantitative estimate of drug-likeness (QED) is 0.0659. The van der Waals surface area contributed by atoms with Crippen LogP contribution in [0.4, 0.5) is 17.6 Å². The van der Waals surface area contributed by atoms with Crippen molar-refractivity contribution in [3.63, 3.8) is 0 Å². The van der Waals surface area contributed by atoms with Crippen LogP contribution in [0.5, 0.6) is 11.5 Å². The van der Waals surface area contributed by atoms with Crippen LogP contribution in [0.2, 0.25) is 0 Å². The molecule has 0 saturated heterocycles. The number of nitrogens with zero attached hydrogens (tertiary/aromatic N) is 4. The van der Waals surface area contributed by atoms with E-state index in [1.165, 1.54) is 75.0 Å². The van der Waals surface area contributed by atoms with E-state index in [4.69, 9.17) is 0 Å². The largest absolute Gasteiger partial charge is 0.508 e. The molecule has 0 spiro atoms. The molecule has 0 bridgehead atoms. The molecule has 14 nitrogen and oxygen atoms in total. The lowest BCUT2D eigenvalue weighted by atomic mass is 10.0. The topological polar surface area (TPSA) is 192 Å². The normalized spacial score (nSPS) is 13.2. The number of para-hydroxylation sites is 1. The number of hydrogen-bond acceptors (Lipinski definition) is 6. The molecular weight excluding hydrogens is 1440 g/mol. The van der Waals surface area contributed by atoms with E-state index in [-0.39, 0.29) is 41.1 Å². The Bertz CT molecular complexity index is 6560.